The zero-order valence-corrected chi connectivity index (χ0v) is 11.0. The number of amides is 1. The maximum absolute atomic E-state index is 11.2. The highest BCUT2D eigenvalue weighted by atomic mass is 16.5. The third-order valence-electron chi connectivity index (χ3n) is 2.54. The van der Waals surface area contributed by atoms with E-state index in [0.717, 1.165) is 0 Å². The fourth-order valence-corrected chi connectivity index (χ4v) is 1.60. The van der Waals surface area contributed by atoms with Crippen molar-refractivity contribution in [2.24, 2.45) is 0 Å². The van der Waals surface area contributed by atoms with Gasteiger partial charge in [-0.3, -0.25) is 14.9 Å². The number of benzene rings is 1. The lowest BCUT2D eigenvalue weighted by molar-refractivity contribution is -0.139. The number of methoxy groups -OCH3 is 1. The van der Waals surface area contributed by atoms with E-state index in [0.29, 0.717) is 24.4 Å². The molecular weight excluding hydrogens is 248 g/mol. The summed E-state index contributed by atoms with van der Waals surface area (Å²) >= 11 is 0. The van der Waals surface area contributed by atoms with Crippen LogP contribution < -0.4 is 15.4 Å². The van der Waals surface area contributed by atoms with E-state index in [1.54, 1.807) is 31.4 Å². The van der Waals surface area contributed by atoms with Gasteiger partial charge in [0.2, 0.25) is 5.91 Å². The summed E-state index contributed by atoms with van der Waals surface area (Å²) in [4.78, 5) is 21.9. The minimum atomic E-state index is -0.965. The zero-order chi connectivity index (χ0) is 14.3. The summed E-state index contributed by atoms with van der Waals surface area (Å²) in [5.74, 6) is -0.433. The van der Waals surface area contributed by atoms with Crippen LogP contribution in [0.4, 0.5) is 0 Å². The standard InChI is InChI=1S/C13H18N2O4/c1-9(16)14-7-8-15-12(13(17)18)10-3-5-11(19-2)6-4-10/h3-6,12,15H,7-8H2,1-2H3,(H,14,16)(H,17,18). The van der Waals surface area contributed by atoms with Gasteiger partial charge >= 0.3 is 5.97 Å². The van der Waals surface area contributed by atoms with Crippen LogP contribution in [0.15, 0.2) is 24.3 Å². The van der Waals surface area contributed by atoms with Gasteiger partial charge in [-0.15, -0.1) is 0 Å². The first-order chi connectivity index (χ1) is 9.04. The van der Waals surface area contributed by atoms with E-state index >= 15 is 0 Å². The van der Waals surface area contributed by atoms with Crippen molar-refractivity contribution in [1.29, 1.82) is 0 Å². The molecule has 0 heterocycles. The van der Waals surface area contributed by atoms with Crippen molar-refractivity contribution < 1.29 is 19.4 Å². The van der Waals surface area contributed by atoms with Crippen molar-refractivity contribution in [3.63, 3.8) is 0 Å². The summed E-state index contributed by atoms with van der Waals surface area (Å²) in [6.45, 7) is 2.18. The lowest BCUT2D eigenvalue weighted by Gasteiger charge is -2.15. The minimum Gasteiger partial charge on any atom is -0.497 e. The van der Waals surface area contributed by atoms with Crippen LogP contribution in [-0.4, -0.2) is 37.2 Å². The molecule has 0 fully saturated rings. The first-order valence-corrected chi connectivity index (χ1v) is 5.89. The fourth-order valence-electron chi connectivity index (χ4n) is 1.60. The van der Waals surface area contributed by atoms with E-state index in [2.05, 4.69) is 10.6 Å². The molecule has 1 rings (SSSR count). The van der Waals surface area contributed by atoms with E-state index in [1.807, 2.05) is 0 Å². The monoisotopic (exact) mass is 266 g/mol. The first kappa shape index (κ1) is 15.0. The minimum absolute atomic E-state index is 0.141. The molecule has 0 bridgehead atoms. The molecule has 104 valence electrons. The van der Waals surface area contributed by atoms with Crippen LogP contribution in [0.25, 0.3) is 0 Å². The Kier molecular flexibility index (Phi) is 5.81. The number of carboxylic acids is 1. The largest absolute Gasteiger partial charge is 0.497 e. The molecule has 0 saturated heterocycles. The molecule has 3 N–H and O–H groups in total. The van der Waals surface area contributed by atoms with Gasteiger partial charge in [-0.1, -0.05) is 12.1 Å². The van der Waals surface area contributed by atoms with Crippen LogP contribution in [0.3, 0.4) is 0 Å². The average molecular weight is 266 g/mol. The topological polar surface area (TPSA) is 87.7 Å². The maximum Gasteiger partial charge on any atom is 0.325 e. The number of carbonyl (C=O) groups is 2. The van der Waals surface area contributed by atoms with Crippen molar-refractivity contribution in [2.45, 2.75) is 13.0 Å². The molecule has 0 aliphatic rings. The molecule has 0 aliphatic heterocycles. The molecule has 1 aromatic carbocycles. The fraction of sp³-hybridized carbons (Fsp3) is 0.385. The molecule has 0 aliphatic carbocycles. The van der Waals surface area contributed by atoms with Crippen molar-refractivity contribution in [3.05, 3.63) is 29.8 Å². The smallest absolute Gasteiger partial charge is 0.325 e. The van der Waals surface area contributed by atoms with Gasteiger partial charge in [0, 0.05) is 20.0 Å². The molecule has 6 heteroatoms. The summed E-state index contributed by atoms with van der Waals surface area (Å²) in [6.07, 6.45) is 0. The Morgan fingerprint density at radius 3 is 2.37 bits per heavy atom. The van der Waals surface area contributed by atoms with Gasteiger partial charge in [0.15, 0.2) is 0 Å². The Balaban J connectivity index is 2.60. The maximum atomic E-state index is 11.2. The Morgan fingerprint density at radius 2 is 1.89 bits per heavy atom. The van der Waals surface area contributed by atoms with E-state index in [4.69, 9.17) is 4.74 Å². The molecule has 1 aromatic rings. The summed E-state index contributed by atoms with van der Waals surface area (Å²) in [5, 5.41) is 14.6. The number of aliphatic carboxylic acids is 1. The number of rotatable bonds is 7. The van der Waals surface area contributed by atoms with Crippen molar-refractivity contribution >= 4 is 11.9 Å². The third kappa shape index (κ3) is 4.97. The highest BCUT2D eigenvalue weighted by Crippen LogP contribution is 2.17. The Labute approximate surface area is 111 Å². The highest BCUT2D eigenvalue weighted by molar-refractivity contribution is 5.75. The Bertz CT molecular complexity index is 431. The Hall–Kier alpha value is -2.08. The second kappa shape index (κ2) is 7.38. The molecule has 1 unspecified atom stereocenters. The molecule has 0 aromatic heterocycles. The van der Waals surface area contributed by atoms with E-state index in [1.165, 1.54) is 6.92 Å². The molecule has 19 heavy (non-hydrogen) atoms. The summed E-state index contributed by atoms with van der Waals surface area (Å²) < 4.78 is 5.02. The normalized spacial score (nSPS) is 11.7. The van der Waals surface area contributed by atoms with Crippen LogP contribution in [0.5, 0.6) is 5.75 Å². The van der Waals surface area contributed by atoms with Gasteiger partial charge in [0.05, 0.1) is 7.11 Å². The summed E-state index contributed by atoms with van der Waals surface area (Å²) in [6, 6.07) is 6.01. The number of carbonyl (C=O) groups excluding carboxylic acids is 1. The van der Waals surface area contributed by atoms with Gasteiger partial charge in [-0.2, -0.15) is 0 Å². The SMILES string of the molecule is COc1ccc(C(NCCNC(C)=O)C(=O)O)cc1. The number of carboxylic acid groups (broad SMARTS) is 1. The van der Waals surface area contributed by atoms with Crippen LogP contribution in [0.2, 0.25) is 0 Å². The zero-order valence-electron chi connectivity index (χ0n) is 11.0. The molecular formula is C13H18N2O4. The molecule has 1 atom stereocenters. The number of ether oxygens (including phenoxy) is 1. The predicted octanol–water partition coefficient (Wildman–Crippen LogP) is 0.547. The van der Waals surface area contributed by atoms with Crippen LogP contribution in [0, 0.1) is 0 Å². The van der Waals surface area contributed by atoms with Gasteiger partial charge in [0.25, 0.3) is 0 Å². The number of hydrogen-bond acceptors (Lipinski definition) is 4. The van der Waals surface area contributed by atoms with Crippen molar-refractivity contribution in [1.82, 2.24) is 10.6 Å². The van der Waals surface area contributed by atoms with Crippen LogP contribution >= 0.6 is 0 Å². The third-order valence-corrected chi connectivity index (χ3v) is 2.54. The second-order valence-corrected chi connectivity index (χ2v) is 3.98. The van der Waals surface area contributed by atoms with Crippen LogP contribution in [0.1, 0.15) is 18.5 Å². The van der Waals surface area contributed by atoms with Gasteiger partial charge in [-0.05, 0) is 17.7 Å². The lowest BCUT2D eigenvalue weighted by atomic mass is 10.1. The average Bonchev–Trinajstić information content (AvgIpc) is 2.38. The molecule has 6 nitrogen and oxygen atoms in total. The predicted molar refractivity (Wildman–Crippen MR) is 70.1 cm³/mol. The second-order valence-electron chi connectivity index (χ2n) is 3.98. The Morgan fingerprint density at radius 1 is 1.26 bits per heavy atom. The number of hydrogen-bond donors (Lipinski definition) is 3. The highest BCUT2D eigenvalue weighted by Gasteiger charge is 2.18. The molecule has 0 spiro atoms. The van der Waals surface area contributed by atoms with E-state index in [9.17, 15) is 14.7 Å². The van der Waals surface area contributed by atoms with Gasteiger partial charge < -0.3 is 15.2 Å². The molecule has 0 saturated carbocycles. The van der Waals surface area contributed by atoms with Crippen LogP contribution in [-0.2, 0) is 9.59 Å². The quantitative estimate of drug-likeness (QED) is 0.627. The van der Waals surface area contributed by atoms with E-state index < -0.39 is 12.0 Å². The molecule has 0 radical (unpaired) electrons. The first-order valence-electron chi connectivity index (χ1n) is 5.89. The summed E-state index contributed by atoms with van der Waals surface area (Å²) in [7, 11) is 1.55. The van der Waals surface area contributed by atoms with Gasteiger partial charge in [0.1, 0.15) is 11.8 Å². The van der Waals surface area contributed by atoms with Gasteiger partial charge in [-0.25, -0.2) is 0 Å². The van der Waals surface area contributed by atoms with Crippen molar-refractivity contribution in [3.8, 4) is 5.75 Å². The number of nitrogens with one attached hydrogen (secondary N) is 2. The summed E-state index contributed by atoms with van der Waals surface area (Å²) in [5.41, 5.74) is 0.635. The molecule has 1 amide bonds. The lowest BCUT2D eigenvalue weighted by Crippen LogP contribution is -2.35. The van der Waals surface area contributed by atoms with E-state index in [-0.39, 0.29) is 5.91 Å². The van der Waals surface area contributed by atoms with Crippen molar-refractivity contribution in [2.75, 3.05) is 20.2 Å².